The van der Waals surface area contributed by atoms with Crippen molar-refractivity contribution in [3.8, 4) is 0 Å². The van der Waals surface area contributed by atoms with Gasteiger partial charge in [-0.3, -0.25) is 0 Å². The molecule has 0 heterocycles. The Balaban J connectivity index is 1.96. The fraction of sp³-hybridized carbons (Fsp3) is 0.235. The van der Waals surface area contributed by atoms with Gasteiger partial charge in [0.25, 0.3) is 0 Å². The largest absolute Gasteiger partial charge is 0.478 e. The minimum Gasteiger partial charge on any atom is -0.478 e. The van der Waals surface area contributed by atoms with E-state index >= 15 is 0 Å². The van der Waals surface area contributed by atoms with Gasteiger partial charge in [0.2, 0.25) is 0 Å². The molecular weight excluding hydrogens is 250 g/mol. The Hall–Kier alpha value is -2.13. The van der Waals surface area contributed by atoms with Gasteiger partial charge in [-0.1, -0.05) is 35.9 Å². The molecule has 0 spiro atoms. The summed E-state index contributed by atoms with van der Waals surface area (Å²) < 4.78 is 0. The van der Waals surface area contributed by atoms with Gasteiger partial charge in [-0.25, -0.2) is 4.79 Å². The maximum absolute atomic E-state index is 10.9. The normalized spacial score (nSPS) is 10.5. The van der Waals surface area contributed by atoms with Gasteiger partial charge in [-0.05, 0) is 42.7 Å². The van der Waals surface area contributed by atoms with E-state index < -0.39 is 5.97 Å². The van der Waals surface area contributed by atoms with Crippen molar-refractivity contribution in [3.05, 3.63) is 70.3 Å². The van der Waals surface area contributed by atoms with E-state index in [0.29, 0.717) is 12.1 Å². The molecule has 0 radical (unpaired) electrons. The number of carbonyl (C=O) groups is 1. The number of carboxylic acids is 1. The van der Waals surface area contributed by atoms with Crippen molar-refractivity contribution >= 4 is 5.97 Å². The summed E-state index contributed by atoms with van der Waals surface area (Å²) in [7, 11) is 0. The molecule has 2 aromatic carbocycles. The lowest BCUT2D eigenvalue weighted by atomic mass is 10.1. The molecule has 3 heteroatoms. The number of aryl methyl sites for hydroxylation is 2. The average molecular weight is 269 g/mol. The summed E-state index contributed by atoms with van der Waals surface area (Å²) in [5.41, 5.74) is 5.12. The average Bonchev–Trinajstić information content (AvgIpc) is 2.41. The highest BCUT2D eigenvalue weighted by Gasteiger charge is 2.03. The number of aromatic carboxylic acids is 1. The molecular formula is C17H19NO2. The Bertz CT molecular complexity index is 620. The van der Waals surface area contributed by atoms with Gasteiger partial charge >= 0.3 is 5.97 Å². The topological polar surface area (TPSA) is 49.3 Å². The van der Waals surface area contributed by atoms with Gasteiger partial charge in [0, 0.05) is 13.1 Å². The Kier molecular flexibility index (Phi) is 4.53. The Morgan fingerprint density at radius 3 is 2.60 bits per heavy atom. The SMILES string of the molecule is Cc1ccc(CNCc2cccc(C(=O)O)c2)c(C)c1. The van der Waals surface area contributed by atoms with Gasteiger partial charge in [-0.15, -0.1) is 0 Å². The standard InChI is InChI=1S/C17H19NO2/c1-12-6-7-16(13(2)8-12)11-18-10-14-4-3-5-15(9-14)17(19)20/h3-9,18H,10-11H2,1-2H3,(H,19,20). The summed E-state index contributed by atoms with van der Waals surface area (Å²) in [6, 6.07) is 13.4. The van der Waals surface area contributed by atoms with E-state index in [1.807, 2.05) is 6.07 Å². The van der Waals surface area contributed by atoms with Crippen LogP contribution in [0.3, 0.4) is 0 Å². The van der Waals surface area contributed by atoms with E-state index in [-0.39, 0.29) is 0 Å². The summed E-state index contributed by atoms with van der Waals surface area (Å²) in [6.07, 6.45) is 0. The summed E-state index contributed by atoms with van der Waals surface area (Å²) in [5.74, 6) is -0.888. The molecule has 2 N–H and O–H groups in total. The lowest BCUT2D eigenvalue weighted by Crippen LogP contribution is -2.14. The van der Waals surface area contributed by atoms with E-state index in [0.717, 1.165) is 12.1 Å². The van der Waals surface area contributed by atoms with Crippen LogP contribution in [-0.4, -0.2) is 11.1 Å². The summed E-state index contributed by atoms with van der Waals surface area (Å²) in [4.78, 5) is 10.9. The molecule has 0 aliphatic heterocycles. The first-order valence-electron chi connectivity index (χ1n) is 6.65. The van der Waals surface area contributed by atoms with Crippen LogP contribution >= 0.6 is 0 Å². The second kappa shape index (κ2) is 6.35. The van der Waals surface area contributed by atoms with Crippen LogP contribution in [0.5, 0.6) is 0 Å². The predicted octanol–water partition coefficient (Wildman–Crippen LogP) is 3.29. The first-order chi connectivity index (χ1) is 9.56. The van der Waals surface area contributed by atoms with Gasteiger partial charge in [-0.2, -0.15) is 0 Å². The lowest BCUT2D eigenvalue weighted by molar-refractivity contribution is 0.0696. The molecule has 0 fully saturated rings. The summed E-state index contributed by atoms with van der Waals surface area (Å²) >= 11 is 0. The van der Waals surface area contributed by atoms with Crippen LogP contribution in [-0.2, 0) is 13.1 Å². The van der Waals surface area contributed by atoms with Crippen LogP contribution in [0.2, 0.25) is 0 Å². The van der Waals surface area contributed by atoms with Gasteiger partial charge in [0.15, 0.2) is 0 Å². The smallest absolute Gasteiger partial charge is 0.335 e. The Morgan fingerprint density at radius 2 is 1.90 bits per heavy atom. The molecule has 20 heavy (non-hydrogen) atoms. The van der Waals surface area contributed by atoms with Gasteiger partial charge in [0.05, 0.1) is 5.56 Å². The van der Waals surface area contributed by atoms with Crippen molar-refractivity contribution in [2.75, 3.05) is 0 Å². The summed E-state index contributed by atoms with van der Waals surface area (Å²) in [6.45, 7) is 5.63. The second-order valence-electron chi connectivity index (χ2n) is 5.04. The maximum atomic E-state index is 10.9. The van der Waals surface area contributed by atoms with Crippen molar-refractivity contribution in [3.63, 3.8) is 0 Å². The van der Waals surface area contributed by atoms with E-state index in [9.17, 15) is 4.79 Å². The van der Waals surface area contributed by atoms with E-state index in [4.69, 9.17) is 5.11 Å². The van der Waals surface area contributed by atoms with Crippen LogP contribution in [0.1, 0.15) is 32.6 Å². The van der Waals surface area contributed by atoms with Gasteiger partial charge in [0.1, 0.15) is 0 Å². The zero-order valence-electron chi connectivity index (χ0n) is 11.8. The van der Waals surface area contributed by atoms with Crippen LogP contribution in [0.25, 0.3) is 0 Å². The number of hydrogen-bond donors (Lipinski definition) is 2. The monoisotopic (exact) mass is 269 g/mol. The molecule has 2 aromatic rings. The highest BCUT2D eigenvalue weighted by atomic mass is 16.4. The second-order valence-corrected chi connectivity index (χ2v) is 5.04. The van der Waals surface area contributed by atoms with Crippen LogP contribution < -0.4 is 5.32 Å². The molecule has 0 saturated carbocycles. The van der Waals surface area contributed by atoms with Crippen molar-refractivity contribution in [1.82, 2.24) is 5.32 Å². The zero-order chi connectivity index (χ0) is 14.5. The Morgan fingerprint density at radius 1 is 1.10 bits per heavy atom. The quantitative estimate of drug-likeness (QED) is 0.875. The number of carboxylic acid groups (broad SMARTS) is 1. The van der Waals surface area contributed by atoms with Gasteiger partial charge < -0.3 is 10.4 Å². The highest BCUT2D eigenvalue weighted by molar-refractivity contribution is 5.87. The molecule has 0 bridgehead atoms. The molecule has 104 valence electrons. The Labute approximate surface area is 119 Å². The minimum atomic E-state index is -0.888. The third kappa shape index (κ3) is 3.68. The molecule has 2 rings (SSSR count). The number of rotatable bonds is 5. The highest BCUT2D eigenvalue weighted by Crippen LogP contribution is 2.11. The van der Waals surface area contributed by atoms with Crippen molar-refractivity contribution in [2.24, 2.45) is 0 Å². The van der Waals surface area contributed by atoms with Crippen molar-refractivity contribution < 1.29 is 9.90 Å². The maximum Gasteiger partial charge on any atom is 0.335 e. The molecule has 0 aliphatic carbocycles. The molecule has 0 saturated heterocycles. The number of benzene rings is 2. The number of nitrogens with one attached hydrogen (secondary N) is 1. The third-order valence-electron chi connectivity index (χ3n) is 3.32. The lowest BCUT2D eigenvalue weighted by Gasteiger charge is -2.09. The van der Waals surface area contributed by atoms with Crippen LogP contribution in [0, 0.1) is 13.8 Å². The molecule has 3 nitrogen and oxygen atoms in total. The van der Waals surface area contributed by atoms with Crippen molar-refractivity contribution in [2.45, 2.75) is 26.9 Å². The van der Waals surface area contributed by atoms with Crippen LogP contribution in [0.15, 0.2) is 42.5 Å². The van der Waals surface area contributed by atoms with Crippen molar-refractivity contribution in [1.29, 1.82) is 0 Å². The van der Waals surface area contributed by atoms with E-state index in [1.165, 1.54) is 16.7 Å². The minimum absolute atomic E-state index is 0.329. The number of hydrogen-bond acceptors (Lipinski definition) is 2. The first kappa shape index (κ1) is 14.3. The van der Waals surface area contributed by atoms with E-state index in [1.54, 1.807) is 18.2 Å². The fourth-order valence-electron chi connectivity index (χ4n) is 2.20. The first-order valence-corrected chi connectivity index (χ1v) is 6.65. The van der Waals surface area contributed by atoms with Crippen LogP contribution in [0.4, 0.5) is 0 Å². The predicted molar refractivity (Wildman–Crippen MR) is 79.9 cm³/mol. The molecule has 0 unspecified atom stereocenters. The molecule has 0 atom stereocenters. The molecule has 0 aliphatic rings. The molecule has 0 aromatic heterocycles. The zero-order valence-corrected chi connectivity index (χ0v) is 11.8. The fourth-order valence-corrected chi connectivity index (χ4v) is 2.20. The molecule has 0 amide bonds. The summed E-state index contributed by atoms with van der Waals surface area (Å²) in [5, 5.41) is 12.3. The van der Waals surface area contributed by atoms with E-state index in [2.05, 4.69) is 37.4 Å². The third-order valence-corrected chi connectivity index (χ3v) is 3.32.